The lowest BCUT2D eigenvalue weighted by atomic mass is 10.2. The fourth-order valence-electron chi connectivity index (χ4n) is 2.37. The van der Waals surface area contributed by atoms with Crippen LogP contribution >= 0.6 is 0 Å². The molecule has 0 saturated heterocycles. The Bertz CT molecular complexity index is 742. The van der Waals surface area contributed by atoms with Crippen molar-refractivity contribution in [3.8, 4) is 11.5 Å². The van der Waals surface area contributed by atoms with Crippen molar-refractivity contribution < 1.29 is 9.84 Å². The third-order valence-corrected chi connectivity index (χ3v) is 3.47. The van der Waals surface area contributed by atoms with E-state index in [1.165, 1.54) is 5.56 Å². The van der Waals surface area contributed by atoms with E-state index in [0.29, 0.717) is 6.61 Å². The molecule has 0 saturated carbocycles. The Hall–Kier alpha value is -2.42. The average Bonchev–Trinajstić information content (AvgIpc) is 2.74. The zero-order chi connectivity index (χ0) is 14.1. The van der Waals surface area contributed by atoms with Crippen LogP contribution in [0.3, 0.4) is 0 Å². The SMILES string of the molecule is Cc1ccc(OCc2cn(C)c3ccc(O)cc23)cc1. The molecule has 1 aromatic heterocycles. The Morgan fingerprint density at radius 1 is 1.10 bits per heavy atom. The molecule has 3 aromatic rings. The number of hydrogen-bond donors (Lipinski definition) is 1. The second-order valence-electron chi connectivity index (χ2n) is 5.07. The van der Waals surface area contributed by atoms with Gasteiger partial charge in [-0.1, -0.05) is 17.7 Å². The molecule has 3 nitrogen and oxygen atoms in total. The van der Waals surface area contributed by atoms with Crippen molar-refractivity contribution in [2.24, 2.45) is 7.05 Å². The molecular formula is C17H17NO2. The zero-order valence-electron chi connectivity index (χ0n) is 11.6. The van der Waals surface area contributed by atoms with Crippen molar-refractivity contribution in [3.63, 3.8) is 0 Å². The van der Waals surface area contributed by atoms with Gasteiger partial charge >= 0.3 is 0 Å². The molecule has 0 atom stereocenters. The molecular weight excluding hydrogens is 250 g/mol. The van der Waals surface area contributed by atoms with E-state index < -0.39 is 0 Å². The molecule has 0 spiro atoms. The van der Waals surface area contributed by atoms with Crippen molar-refractivity contribution in [1.29, 1.82) is 0 Å². The van der Waals surface area contributed by atoms with E-state index in [9.17, 15) is 5.11 Å². The average molecular weight is 267 g/mol. The van der Waals surface area contributed by atoms with Crippen LogP contribution in [-0.2, 0) is 13.7 Å². The molecule has 0 bridgehead atoms. The first-order valence-corrected chi connectivity index (χ1v) is 6.60. The lowest BCUT2D eigenvalue weighted by Gasteiger charge is -2.05. The number of phenolic OH excluding ortho intramolecular Hbond substituents is 1. The fourth-order valence-corrected chi connectivity index (χ4v) is 2.37. The summed E-state index contributed by atoms with van der Waals surface area (Å²) in [4.78, 5) is 0. The van der Waals surface area contributed by atoms with Crippen LogP contribution in [0.5, 0.6) is 11.5 Å². The molecule has 0 radical (unpaired) electrons. The third-order valence-electron chi connectivity index (χ3n) is 3.47. The molecule has 102 valence electrons. The highest BCUT2D eigenvalue weighted by Crippen LogP contribution is 2.26. The summed E-state index contributed by atoms with van der Waals surface area (Å²) < 4.78 is 7.86. The molecule has 0 aliphatic heterocycles. The van der Waals surface area contributed by atoms with E-state index in [0.717, 1.165) is 22.2 Å². The first-order valence-electron chi connectivity index (χ1n) is 6.60. The number of aryl methyl sites for hydroxylation is 2. The Morgan fingerprint density at radius 2 is 1.85 bits per heavy atom. The highest BCUT2D eigenvalue weighted by atomic mass is 16.5. The molecule has 0 amide bonds. The first kappa shape index (κ1) is 12.6. The predicted molar refractivity (Wildman–Crippen MR) is 80.1 cm³/mol. The van der Waals surface area contributed by atoms with Crippen LogP contribution in [0, 0.1) is 6.92 Å². The maximum absolute atomic E-state index is 9.63. The smallest absolute Gasteiger partial charge is 0.119 e. The summed E-state index contributed by atoms with van der Waals surface area (Å²) in [5.41, 5.74) is 3.37. The van der Waals surface area contributed by atoms with Crippen molar-refractivity contribution in [3.05, 3.63) is 59.8 Å². The Labute approximate surface area is 118 Å². The van der Waals surface area contributed by atoms with Gasteiger partial charge in [-0.3, -0.25) is 0 Å². The van der Waals surface area contributed by atoms with Crippen molar-refractivity contribution in [2.45, 2.75) is 13.5 Å². The molecule has 0 unspecified atom stereocenters. The van der Waals surface area contributed by atoms with Gasteiger partial charge in [0.15, 0.2) is 0 Å². The first-order chi connectivity index (χ1) is 9.63. The number of aromatic nitrogens is 1. The minimum atomic E-state index is 0.278. The van der Waals surface area contributed by atoms with Gasteiger partial charge in [0, 0.05) is 29.7 Å². The van der Waals surface area contributed by atoms with E-state index in [1.807, 2.05) is 48.1 Å². The normalized spacial score (nSPS) is 10.9. The van der Waals surface area contributed by atoms with E-state index in [-0.39, 0.29) is 5.75 Å². The van der Waals surface area contributed by atoms with Gasteiger partial charge in [0.2, 0.25) is 0 Å². The topological polar surface area (TPSA) is 34.4 Å². The highest BCUT2D eigenvalue weighted by molar-refractivity contribution is 5.85. The van der Waals surface area contributed by atoms with Gasteiger partial charge in [-0.05, 0) is 37.3 Å². The summed E-state index contributed by atoms with van der Waals surface area (Å²) in [7, 11) is 1.99. The number of aromatic hydroxyl groups is 1. The highest BCUT2D eigenvalue weighted by Gasteiger charge is 2.08. The van der Waals surface area contributed by atoms with Crippen LogP contribution < -0.4 is 4.74 Å². The standard InChI is InChI=1S/C17H17NO2/c1-12-3-6-15(7-4-12)20-11-13-10-18(2)17-8-5-14(19)9-16(13)17/h3-10,19H,11H2,1-2H3. The quantitative estimate of drug-likeness (QED) is 0.783. The van der Waals surface area contributed by atoms with Crippen molar-refractivity contribution in [2.75, 3.05) is 0 Å². The number of benzene rings is 2. The molecule has 20 heavy (non-hydrogen) atoms. The number of ether oxygens (including phenoxy) is 1. The third kappa shape index (κ3) is 2.35. The van der Waals surface area contributed by atoms with Gasteiger partial charge in [0.1, 0.15) is 18.1 Å². The number of phenols is 1. The van der Waals surface area contributed by atoms with Gasteiger partial charge in [-0.15, -0.1) is 0 Å². The monoisotopic (exact) mass is 267 g/mol. The molecule has 1 heterocycles. The number of nitrogens with zero attached hydrogens (tertiary/aromatic N) is 1. The minimum absolute atomic E-state index is 0.278. The molecule has 0 aliphatic rings. The predicted octanol–water partition coefficient (Wildman–Crippen LogP) is 3.77. The maximum Gasteiger partial charge on any atom is 0.119 e. The zero-order valence-corrected chi connectivity index (χ0v) is 11.6. The van der Waals surface area contributed by atoms with Gasteiger partial charge in [-0.25, -0.2) is 0 Å². The molecule has 2 aromatic carbocycles. The molecule has 0 aliphatic carbocycles. The number of fused-ring (bicyclic) bond motifs is 1. The van der Waals surface area contributed by atoms with Crippen LogP contribution in [0.15, 0.2) is 48.7 Å². The van der Waals surface area contributed by atoms with E-state index >= 15 is 0 Å². The van der Waals surface area contributed by atoms with Crippen LogP contribution in [0.25, 0.3) is 10.9 Å². The number of rotatable bonds is 3. The summed E-state index contributed by atoms with van der Waals surface area (Å²) >= 11 is 0. The Balaban J connectivity index is 1.87. The van der Waals surface area contributed by atoms with Gasteiger partial charge in [-0.2, -0.15) is 0 Å². The van der Waals surface area contributed by atoms with Crippen LogP contribution in [0.2, 0.25) is 0 Å². The Morgan fingerprint density at radius 3 is 2.60 bits per heavy atom. The lowest BCUT2D eigenvalue weighted by Crippen LogP contribution is -1.94. The summed E-state index contributed by atoms with van der Waals surface area (Å²) in [6, 6.07) is 13.4. The lowest BCUT2D eigenvalue weighted by molar-refractivity contribution is 0.307. The fraction of sp³-hybridized carbons (Fsp3) is 0.176. The van der Waals surface area contributed by atoms with Crippen LogP contribution in [0.4, 0.5) is 0 Å². The minimum Gasteiger partial charge on any atom is -0.508 e. The van der Waals surface area contributed by atoms with E-state index in [2.05, 4.69) is 6.92 Å². The van der Waals surface area contributed by atoms with E-state index in [4.69, 9.17) is 4.74 Å². The summed E-state index contributed by atoms with van der Waals surface area (Å²) in [5.74, 6) is 1.13. The van der Waals surface area contributed by atoms with Crippen molar-refractivity contribution in [1.82, 2.24) is 4.57 Å². The van der Waals surface area contributed by atoms with Crippen LogP contribution in [0.1, 0.15) is 11.1 Å². The largest absolute Gasteiger partial charge is 0.508 e. The molecule has 3 rings (SSSR count). The summed E-state index contributed by atoms with van der Waals surface area (Å²) in [6.07, 6.45) is 2.04. The number of hydrogen-bond acceptors (Lipinski definition) is 2. The molecule has 3 heteroatoms. The second-order valence-corrected chi connectivity index (χ2v) is 5.07. The van der Waals surface area contributed by atoms with Crippen molar-refractivity contribution >= 4 is 10.9 Å². The van der Waals surface area contributed by atoms with Gasteiger partial charge in [0.25, 0.3) is 0 Å². The molecule has 1 N–H and O–H groups in total. The summed E-state index contributed by atoms with van der Waals surface area (Å²) in [6.45, 7) is 2.54. The second kappa shape index (κ2) is 4.93. The van der Waals surface area contributed by atoms with Gasteiger partial charge < -0.3 is 14.4 Å². The van der Waals surface area contributed by atoms with E-state index in [1.54, 1.807) is 12.1 Å². The Kier molecular flexibility index (Phi) is 3.11. The van der Waals surface area contributed by atoms with Crippen LogP contribution in [-0.4, -0.2) is 9.67 Å². The summed E-state index contributed by atoms with van der Waals surface area (Å²) in [5, 5.41) is 10.7. The maximum atomic E-state index is 9.63. The van der Waals surface area contributed by atoms with Gasteiger partial charge in [0.05, 0.1) is 0 Å². The molecule has 0 fully saturated rings.